The number of phenolic OH excluding ortho intramolecular Hbond substituents is 1. The van der Waals surface area contributed by atoms with E-state index in [0.717, 1.165) is 0 Å². The first-order valence-electron chi connectivity index (χ1n) is 3.10. The summed E-state index contributed by atoms with van der Waals surface area (Å²) in [6.45, 7) is 0. The summed E-state index contributed by atoms with van der Waals surface area (Å²) in [4.78, 5) is 5.80. The molecule has 11 heavy (non-hydrogen) atoms. The average molecular weight is 152 g/mol. The van der Waals surface area contributed by atoms with Crippen molar-refractivity contribution in [3.05, 3.63) is 24.3 Å². The van der Waals surface area contributed by atoms with Crippen LogP contribution in [0.5, 0.6) is 5.75 Å². The lowest BCUT2D eigenvalue weighted by molar-refractivity contribution is 0.479. The molecule has 0 bridgehead atoms. The number of imidazole rings is 1. The Bertz CT molecular complexity index is 396. The summed E-state index contributed by atoms with van der Waals surface area (Å²) < 4.78 is 12.4. The SMILES string of the molecule is Oc1cccc2[nH]c(F)nc12. The van der Waals surface area contributed by atoms with Crippen LogP contribution in [0.4, 0.5) is 4.39 Å². The van der Waals surface area contributed by atoms with Crippen LogP contribution in [-0.4, -0.2) is 15.1 Å². The van der Waals surface area contributed by atoms with Crippen LogP contribution in [0.25, 0.3) is 11.0 Å². The summed E-state index contributed by atoms with van der Waals surface area (Å²) in [5.41, 5.74) is 0.771. The summed E-state index contributed by atoms with van der Waals surface area (Å²) in [7, 11) is 0. The number of aromatic nitrogens is 2. The van der Waals surface area contributed by atoms with Crippen molar-refractivity contribution >= 4 is 11.0 Å². The lowest BCUT2D eigenvalue weighted by Gasteiger charge is -1.89. The second kappa shape index (κ2) is 1.95. The van der Waals surface area contributed by atoms with Crippen LogP contribution >= 0.6 is 0 Å². The lowest BCUT2D eigenvalue weighted by atomic mass is 10.3. The maximum atomic E-state index is 12.4. The minimum Gasteiger partial charge on any atom is -0.506 e. The number of hydrogen-bond acceptors (Lipinski definition) is 2. The summed E-state index contributed by atoms with van der Waals surface area (Å²) in [6.07, 6.45) is -0.679. The third-order valence-corrected chi connectivity index (χ3v) is 1.46. The van der Waals surface area contributed by atoms with Gasteiger partial charge in [-0.1, -0.05) is 6.07 Å². The fourth-order valence-electron chi connectivity index (χ4n) is 0.987. The number of benzene rings is 1. The second-order valence-electron chi connectivity index (χ2n) is 2.20. The van der Waals surface area contributed by atoms with Crippen LogP contribution in [0.2, 0.25) is 0 Å². The summed E-state index contributed by atoms with van der Waals surface area (Å²) >= 11 is 0. The van der Waals surface area contributed by atoms with Gasteiger partial charge >= 0.3 is 0 Å². The predicted molar refractivity (Wildman–Crippen MR) is 37.7 cm³/mol. The van der Waals surface area contributed by atoms with Crippen LogP contribution in [0.1, 0.15) is 0 Å². The minimum absolute atomic E-state index is 0.0114. The number of phenols is 1. The second-order valence-corrected chi connectivity index (χ2v) is 2.20. The highest BCUT2D eigenvalue weighted by Gasteiger charge is 2.03. The molecule has 0 unspecified atom stereocenters. The molecule has 0 spiro atoms. The molecule has 1 heterocycles. The molecule has 0 aliphatic carbocycles. The van der Waals surface area contributed by atoms with Gasteiger partial charge in [-0.2, -0.15) is 9.37 Å². The molecule has 3 nitrogen and oxygen atoms in total. The van der Waals surface area contributed by atoms with Gasteiger partial charge in [0, 0.05) is 0 Å². The van der Waals surface area contributed by atoms with Gasteiger partial charge in [-0.25, -0.2) is 0 Å². The molecule has 0 aliphatic rings. The molecule has 0 fully saturated rings. The number of halogens is 1. The van der Waals surface area contributed by atoms with Gasteiger partial charge in [0.05, 0.1) is 5.52 Å². The van der Waals surface area contributed by atoms with Gasteiger partial charge in [0.1, 0.15) is 11.3 Å². The monoisotopic (exact) mass is 152 g/mol. The van der Waals surface area contributed by atoms with E-state index in [-0.39, 0.29) is 11.3 Å². The number of rotatable bonds is 0. The van der Waals surface area contributed by atoms with Crippen LogP contribution < -0.4 is 0 Å². The first kappa shape index (κ1) is 6.15. The molecule has 56 valence electrons. The summed E-state index contributed by atoms with van der Waals surface area (Å²) in [5, 5.41) is 9.14. The Morgan fingerprint density at radius 1 is 1.45 bits per heavy atom. The Morgan fingerprint density at radius 2 is 2.27 bits per heavy atom. The van der Waals surface area contributed by atoms with E-state index in [9.17, 15) is 4.39 Å². The first-order valence-corrected chi connectivity index (χ1v) is 3.10. The van der Waals surface area contributed by atoms with Gasteiger partial charge in [0.15, 0.2) is 0 Å². The van der Waals surface area contributed by atoms with Crippen LogP contribution in [0.3, 0.4) is 0 Å². The number of hydrogen-bond donors (Lipinski definition) is 2. The van der Waals surface area contributed by atoms with E-state index in [2.05, 4.69) is 9.97 Å². The molecule has 1 aromatic carbocycles. The van der Waals surface area contributed by atoms with Crippen molar-refractivity contribution in [1.82, 2.24) is 9.97 Å². The zero-order chi connectivity index (χ0) is 7.84. The number of aromatic amines is 1. The highest BCUT2D eigenvalue weighted by Crippen LogP contribution is 2.20. The molecule has 4 heteroatoms. The maximum absolute atomic E-state index is 12.4. The van der Waals surface area contributed by atoms with Crippen molar-refractivity contribution in [2.75, 3.05) is 0 Å². The largest absolute Gasteiger partial charge is 0.506 e. The van der Waals surface area contributed by atoms with E-state index >= 15 is 0 Å². The van der Waals surface area contributed by atoms with Crippen molar-refractivity contribution in [2.24, 2.45) is 0 Å². The van der Waals surface area contributed by atoms with Gasteiger partial charge in [-0.15, -0.1) is 0 Å². The van der Waals surface area contributed by atoms with Crippen LogP contribution in [0, 0.1) is 6.08 Å². The Balaban J connectivity index is 2.90. The van der Waals surface area contributed by atoms with Crippen molar-refractivity contribution in [2.45, 2.75) is 0 Å². The molecule has 1 aromatic heterocycles. The molecule has 0 amide bonds. The third kappa shape index (κ3) is 0.832. The van der Waals surface area contributed by atoms with Crippen molar-refractivity contribution in [3.63, 3.8) is 0 Å². The standard InChI is InChI=1S/C7H5FN2O/c8-7-9-4-2-1-3-5(11)6(4)10-7/h1-3,11H,(H,9,10). The normalized spacial score (nSPS) is 10.6. The number of para-hydroxylation sites is 1. The number of nitrogens with zero attached hydrogens (tertiary/aromatic N) is 1. The molecule has 0 atom stereocenters. The van der Waals surface area contributed by atoms with Gasteiger partial charge in [-0.3, -0.25) is 0 Å². The molecule has 0 aliphatic heterocycles. The molecule has 2 N–H and O–H groups in total. The fraction of sp³-hybridized carbons (Fsp3) is 0. The van der Waals surface area contributed by atoms with E-state index in [1.165, 1.54) is 6.07 Å². The number of fused-ring (bicyclic) bond motifs is 1. The zero-order valence-corrected chi connectivity index (χ0v) is 5.50. The average Bonchev–Trinajstić information content (AvgIpc) is 2.31. The number of aromatic hydroxyl groups is 1. The molecule has 0 radical (unpaired) electrons. The van der Waals surface area contributed by atoms with Crippen LogP contribution in [-0.2, 0) is 0 Å². The van der Waals surface area contributed by atoms with Crippen LogP contribution in [0.15, 0.2) is 18.2 Å². The Hall–Kier alpha value is -1.58. The van der Waals surface area contributed by atoms with E-state index in [0.29, 0.717) is 5.52 Å². The predicted octanol–water partition coefficient (Wildman–Crippen LogP) is 1.41. The van der Waals surface area contributed by atoms with E-state index in [1.807, 2.05) is 0 Å². The highest BCUT2D eigenvalue weighted by atomic mass is 19.1. The fourth-order valence-corrected chi connectivity index (χ4v) is 0.987. The molecule has 0 saturated carbocycles. The number of nitrogens with one attached hydrogen (secondary N) is 1. The van der Waals surface area contributed by atoms with Gasteiger partial charge in [0.2, 0.25) is 0 Å². The smallest absolute Gasteiger partial charge is 0.287 e. The molecule has 2 aromatic rings. The maximum Gasteiger partial charge on any atom is 0.287 e. The molecule has 0 saturated heterocycles. The van der Waals surface area contributed by atoms with Crippen molar-refractivity contribution in [3.8, 4) is 5.75 Å². The molecule has 2 rings (SSSR count). The summed E-state index contributed by atoms with van der Waals surface area (Å²) in [6, 6.07) is 4.73. The third-order valence-electron chi connectivity index (χ3n) is 1.46. The molecular weight excluding hydrogens is 147 g/mol. The summed E-state index contributed by atoms with van der Waals surface area (Å²) in [5.74, 6) is -0.0114. The highest BCUT2D eigenvalue weighted by molar-refractivity contribution is 5.80. The number of H-pyrrole nitrogens is 1. The van der Waals surface area contributed by atoms with Gasteiger partial charge < -0.3 is 10.1 Å². The van der Waals surface area contributed by atoms with Gasteiger partial charge in [0.25, 0.3) is 6.08 Å². The van der Waals surface area contributed by atoms with E-state index in [4.69, 9.17) is 5.11 Å². The minimum atomic E-state index is -0.679. The molecular formula is C7H5FN2O. The van der Waals surface area contributed by atoms with Gasteiger partial charge in [-0.05, 0) is 12.1 Å². The first-order chi connectivity index (χ1) is 5.27. The Morgan fingerprint density at radius 3 is 3.00 bits per heavy atom. The van der Waals surface area contributed by atoms with Crippen molar-refractivity contribution < 1.29 is 9.50 Å². The quantitative estimate of drug-likeness (QED) is 0.599. The van der Waals surface area contributed by atoms with Crippen molar-refractivity contribution in [1.29, 1.82) is 0 Å². The topological polar surface area (TPSA) is 48.9 Å². The zero-order valence-electron chi connectivity index (χ0n) is 5.50. The van der Waals surface area contributed by atoms with E-state index in [1.54, 1.807) is 12.1 Å². The Kier molecular flexibility index (Phi) is 1.09. The lowest BCUT2D eigenvalue weighted by Crippen LogP contribution is -1.70. The Labute approximate surface area is 61.5 Å². The van der Waals surface area contributed by atoms with E-state index < -0.39 is 6.08 Å².